The second-order valence-corrected chi connectivity index (χ2v) is 9.38. The number of sulfonamides is 1. The minimum atomic E-state index is -3.24. The van der Waals surface area contributed by atoms with E-state index in [0.29, 0.717) is 31.7 Å². The molecule has 0 radical (unpaired) electrons. The number of aryl methyl sites for hydroxylation is 1. The SMILES string of the molecule is Cc1ccc2nc(-c3ccccc3)cc(C(=O)N3CCN(S(C)(=O)=O)CC3)c2c1. The van der Waals surface area contributed by atoms with Gasteiger partial charge < -0.3 is 4.90 Å². The van der Waals surface area contributed by atoms with Crippen LogP contribution < -0.4 is 0 Å². The number of piperazine rings is 1. The van der Waals surface area contributed by atoms with Gasteiger partial charge in [0.2, 0.25) is 10.0 Å². The molecule has 29 heavy (non-hydrogen) atoms. The fourth-order valence-electron chi connectivity index (χ4n) is 3.67. The topological polar surface area (TPSA) is 70.6 Å². The van der Waals surface area contributed by atoms with Crippen molar-refractivity contribution in [3.8, 4) is 11.3 Å². The van der Waals surface area contributed by atoms with E-state index in [9.17, 15) is 13.2 Å². The van der Waals surface area contributed by atoms with E-state index >= 15 is 0 Å². The van der Waals surface area contributed by atoms with Gasteiger partial charge in [-0.3, -0.25) is 4.79 Å². The molecule has 2 aromatic carbocycles. The van der Waals surface area contributed by atoms with Crippen molar-refractivity contribution in [3.63, 3.8) is 0 Å². The number of carbonyl (C=O) groups excluding carboxylic acids is 1. The summed E-state index contributed by atoms with van der Waals surface area (Å²) in [6.07, 6.45) is 1.20. The van der Waals surface area contributed by atoms with Gasteiger partial charge in [0.25, 0.3) is 5.91 Å². The first kappa shape index (κ1) is 19.5. The molecule has 0 atom stereocenters. The van der Waals surface area contributed by atoms with Crippen molar-refractivity contribution in [2.24, 2.45) is 0 Å². The average Bonchev–Trinajstić information content (AvgIpc) is 2.72. The number of rotatable bonds is 3. The molecule has 4 rings (SSSR count). The highest BCUT2D eigenvalue weighted by atomic mass is 32.2. The Labute approximate surface area is 170 Å². The molecule has 3 aromatic rings. The third kappa shape index (κ3) is 4.02. The normalized spacial score (nSPS) is 15.6. The number of fused-ring (bicyclic) bond motifs is 1. The summed E-state index contributed by atoms with van der Waals surface area (Å²) in [5.74, 6) is -0.0895. The van der Waals surface area contributed by atoms with Gasteiger partial charge in [-0.1, -0.05) is 42.0 Å². The summed E-state index contributed by atoms with van der Waals surface area (Å²) in [7, 11) is -3.24. The van der Waals surface area contributed by atoms with Crippen molar-refractivity contribution >= 4 is 26.8 Å². The Hall–Kier alpha value is -2.77. The van der Waals surface area contributed by atoms with Crippen LogP contribution in [0.2, 0.25) is 0 Å². The van der Waals surface area contributed by atoms with E-state index in [-0.39, 0.29) is 5.91 Å². The lowest BCUT2D eigenvalue weighted by molar-refractivity contribution is 0.0700. The molecule has 0 saturated carbocycles. The van der Waals surface area contributed by atoms with Crippen LogP contribution in [-0.2, 0) is 10.0 Å². The Kier molecular flexibility index (Phi) is 5.10. The molecule has 1 aliphatic rings. The van der Waals surface area contributed by atoms with Crippen molar-refractivity contribution in [2.75, 3.05) is 32.4 Å². The summed E-state index contributed by atoms with van der Waals surface area (Å²) in [6.45, 7) is 3.38. The van der Waals surface area contributed by atoms with Gasteiger partial charge in [0.05, 0.1) is 23.0 Å². The van der Waals surface area contributed by atoms with E-state index in [4.69, 9.17) is 4.98 Å². The lowest BCUT2D eigenvalue weighted by Crippen LogP contribution is -2.50. The summed E-state index contributed by atoms with van der Waals surface area (Å²) < 4.78 is 24.9. The summed E-state index contributed by atoms with van der Waals surface area (Å²) in [5.41, 5.74) is 4.13. The molecule has 1 fully saturated rings. The third-order valence-corrected chi connectivity index (χ3v) is 6.56. The molecule has 1 aromatic heterocycles. The number of amides is 1. The van der Waals surface area contributed by atoms with Gasteiger partial charge in [0.15, 0.2) is 0 Å². The highest BCUT2D eigenvalue weighted by Gasteiger charge is 2.27. The second kappa shape index (κ2) is 7.57. The van der Waals surface area contributed by atoms with Gasteiger partial charge in [0.1, 0.15) is 0 Å². The Morgan fingerprint density at radius 2 is 1.66 bits per heavy atom. The molecule has 2 heterocycles. The molecule has 1 aliphatic heterocycles. The lowest BCUT2D eigenvalue weighted by atomic mass is 10.0. The summed E-state index contributed by atoms with van der Waals surface area (Å²) >= 11 is 0. The van der Waals surface area contributed by atoms with Crippen molar-refractivity contribution in [2.45, 2.75) is 6.92 Å². The summed E-state index contributed by atoms with van der Waals surface area (Å²) in [6, 6.07) is 17.5. The van der Waals surface area contributed by atoms with Crippen molar-refractivity contribution < 1.29 is 13.2 Å². The fourth-order valence-corrected chi connectivity index (χ4v) is 4.49. The molecule has 150 valence electrons. The predicted octanol–water partition coefficient (Wildman–Crippen LogP) is 2.93. The number of carbonyl (C=O) groups is 1. The largest absolute Gasteiger partial charge is 0.336 e. The number of aromatic nitrogens is 1. The Bertz CT molecular complexity index is 1170. The van der Waals surface area contributed by atoms with Crippen LogP contribution in [0.1, 0.15) is 15.9 Å². The van der Waals surface area contributed by atoms with E-state index in [1.807, 2.05) is 61.5 Å². The van der Waals surface area contributed by atoms with Crippen LogP contribution in [0, 0.1) is 6.92 Å². The minimum Gasteiger partial charge on any atom is -0.336 e. The molecular weight excluding hydrogens is 386 g/mol. The summed E-state index contributed by atoms with van der Waals surface area (Å²) in [5, 5.41) is 0.820. The van der Waals surface area contributed by atoms with Crippen LogP contribution in [0.5, 0.6) is 0 Å². The van der Waals surface area contributed by atoms with Crippen molar-refractivity contribution in [1.29, 1.82) is 0 Å². The molecule has 1 saturated heterocycles. The minimum absolute atomic E-state index is 0.0895. The van der Waals surface area contributed by atoms with Crippen LogP contribution in [-0.4, -0.2) is 60.9 Å². The number of benzene rings is 2. The van der Waals surface area contributed by atoms with E-state index in [1.165, 1.54) is 10.6 Å². The molecule has 0 unspecified atom stereocenters. The first-order valence-electron chi connectivity index (χ1n) is 9.54. The van der Waals surface area contributed by atoms with Crippen LogP contribution >= 0.6 is 0 Å². The monoisotopic (exact) mass is 409 g/mol. The van der Waals surface area contributed by atoms with Crippen LogP contribution in [0.4, 0.5) is 0 Å². The fraction of sp³-hybridized carbons (Fsp3) is 0.273. The molecule has 1 amide bonds. The van der Waals surface area contributed by atoms with E-state index in [2.05, 4.69) is 0 Å². The molecule has 0 spiro atoms. The average molecular weight is 410 g/mol. The zero-order valence-corrected chi connectivity index (χ0v) is 17.3. The Morgan fingerprint density at radius 1 is 0.966 bits per heavy atom. The van der Waals surface area contributed by atoms with Gasteiger partial charge in [-0.25, -0.2) is 13.4 Å². The zero-order valence-electron chi connectivity index (χ0n) is 16.5. The highest BCUT2D eigenvalue weighted by molar-refractivity contribution is 7.88. The maximum atomic E-state index is 13.4. The second-order valence-electron chi connectivity index (χ2n) is 7.40. The van der Waals surface area contributed by atoms with E-state index < -0.39 is 10.0 Å². The highest BCUT2D eigenvalue weighted by Crippen LogP contribution is 2.27. The van der Waals surface area contributed by atoms with Gasteiger partial charge in [0, 0.05) is 37.1 Å². The number of hydrogen-bond acceptors (Lipinski definition) is 4. The molecular formula is C22H23N3O3S. The summed E-state index contributed by atoms with van der Waals surface area (Å²) in [4.78, 5) is 19.9. The standard InChI is InChI=1S/C22H23N3O3S/c1-16-8-9-20-18(14-16)19(15-21(23-20)17-6-4-3-5-7-17)22(26)24-10-12-25(13-11-24)29(2,27)28/h3-9,14-15H,10-13H2,1-2H3. The smallest absolute Gasteiger partial charge is 0.254 e. The maximum Gasteiger partial charge on any atom is 0.254 e. The first-order valence-corrected chi connectivity index (χ1v) is 11.4. The quantitative estimate of drug-likeness (QED) is 0.667. The van der Waals surface area contributed by atoms with Crippen LogP contribution in [0.3, 0.4) is 0 Å². The Balaban J connectivity index is 1.74. The number of hydrogen-bond donors (Lipinski definition) is 0. The van der Waals surface area contributed by atoms with Gasteiger partial charge in [-0.05, 0) is 25.1 Å². The molecule has 0 aliphatic carbocycles. The van der Waals surface area contributed by atoms with Crippen LogP contribution in [0.25, 0.3) is 22.2 Å². The van der Waals surface area contributed by atoms with Gasteiger partial charge in [-0.15, -0.1) is 0 Å². The maximum absolute atomic E-state index is 13.4. The van der Waals surface area contributed by atoms with Crippen LogP contribution in [0.15, 0.2) is 54.6 Å². The molecule has 7 heteroatoms. The lowest BCUT2D eigenvalue weighted by Gasteiger charge is -2.33. The molecule has 0 N–H and O–H groups in total. The van der Waals surface area contributed by atoms with Gasteiger partial charge >= 0.3 is 0 Å². The first-order chi connectivity index (χ1) is 13.8. The molecule has 0 bridgehead atoms. The number of nitrogens with zero attached hydrogens (tertiary/aromatic N) is 3. The third-order valence-electron chi connectivity index (χ3n) is 5.26. The number of pyridine rings is 1. The molecule has 6 nitrogen and oxygen atoms in total. The van der Waals surface area contributed by atoms with E-state index in [0.717, 1.165) is 27.7 Å². The predicted molar refractivity (Wildman–Crippen MR) is 114 cm³/mol. The van der Waals surface area contributed by atoms with Crippen molar-refractivity contribution in [3.05, 3.63) is 65.7 Å². The Morgan fingerprint density at radius 3 is 2.31 bits per heavy atom. The van der Waals surface area contributed by atoms with Gasteiger partial charge in [-0.2, -0.15) is 4.31 Å². The van der Waals surface area contributed by atoms with Crippen molar-refractivity contribution in [1.82, 2.24) is 14.2 Å². The van der Waals surface area contributed by atoms with E-state index in [1.54, 1.807) is 4.90 Å². The zero-order chi connectivity index (χ0) is 20.6.